The van der Waals surface area contributed by atoms with Crippen molar-refractivity contribution in [1.82, 2.24) is 9.97 Å². The molecule has 2 rings (SSSR count). The third kappa shape index (κ3) is 3.70. The highest BCUT2D eigenvalue weighted by Gasteiger charge is 2.12. The molecular formula is C12H12N4O3S2. The molecule has 0 fully saturated rings. The lowest BCUT2D eigenvalue weighted by Gasteiger charge is -2.06. The van der Waals surface area contributed by atoms with Gasteiger partial charge in [0.05, 0.1) is 4.90 Å². The van der Waals surface area contributed by atoms with Crippen molar-refractivity contribution in [2.45, 2.75) is 14.8 Å². The van der Waals surface area contributed by atoms with E-state index >= 15 is 0 Å². The Kier molecular flexibility index (Phi) is 4.43. The van der Waals surface area contributed by atoms with Gasteiger partial charge in [0.1, 0.15) is 10.7 Å². The summed E-state index contributed by atoms with van der Waals surface area (Å²) in [4.78, 5) is 9.13. The Bertz CT molecular complexity index is 773. The molecule has 0 radical (unpaired) electrons. The van der Waals surface area contributed by atoms with E-state index in [-0.39, 0.29) is 16.4 Å². The first-order chi connectivity index (χ1) is 9.91. The van der Waals surface area contributed by atoms with Gasteiger partial charge in [-0.3, -0.25) is 0 Å². The molecule has 0 spiro atoms. The summed E-state index contributed by atoms with van der Waals surface area (Å²) in [5.74, 6) is -0.140. The van der Waals surface area contributed by atoms with E-state index in [9.17, 15) is 8.42 Å². The van der Waals surface area contributed by atoms with E-state index in [1.807, 2.05) is 0 Å². The lowest BCUT2D eigenvalue weighted by atomic mass is 10.4. The monoisotopic (exact) mass is 324 g/mol. The van der Waals surface area contributed by atoms with Gasteiger partial charge in [-0.05, 0) is 24.3 Å². The minimum Gasteiger partial charge on any atom is -0.409 e. The zero-order valence-corrected chi connectivity index (χ0v) is 12.6. The first kappa shape index (κ1) is 15.3. The molecule has 0 aliphatic heterocycles. The Morgan fingerprint density at radius 2 is 1.86 bits per heavy atom. The fourth-order valence-electron chi connectivity index (χ4n) is 1.49. The van der Waals surface area contributed by atoms with Crippen LogP contribution in [0.5, 0.6) is 0 Å². The molecule has 2 aromatic rings. The number of hydrogen-bond donors (Lipinski definition) is 2. The Balaban J connectivity index is 2.31. The zero-order valence-electron chi connectivity index (χ0n) is 11.0. The Hall–Kier alpha value is -2.13. The van der Waals surface area contributed by atoms with Gasteiger partial charge >= 0.3 is 0 Å². The number of rotatable bonds is 4. The molecule has 0 unspecified atom stereocenters. The van der Waals surface area contributed by atoms with Gasteiger partial charge in [0.2, 0.25) is 0 Å². The number of nitrogens with zero attached hydrogens (tertiary/aromatic N) is 3. The molecule has 1 heterocycles. The fourth-order valence-corrected chi connectivity index (χ4v) is 2.98. The van der Waals surface area contributed by atoms with E-state index in [0.717, 1.165) is 11.2 Å². The number of amidine groups is 1. The number of hydrogen-bond acceptors (Lipinski definition) is 7. The van der Waals surface area contributed by atoms with Crippen molar-refractivity contribution in [2.24, 2.45) is 10.9 Å². The van der Waals surface area contributed by atoms with Gasteiger partial charge in [-0.15, -0.1) is 0 Å². The van der Waals surface area contributed by atoms with Gasteiger partial charge in [0.15, 0.2) is 15.7 Å². The smallest absolute Gasteiger partial charge is 0.191 e. The van der Waals surface area contributed by atoms with Gasteiger partial charge in [-0.1, -0.05) is 16.9 Å². The van der Waals surface area contributed by atoms with Crippen LogP contribution in [-0.2, 0) is 9.84 Å². The second-order valence-electron chi connectivity index (χ2n) is 4.04. The van der Waals surface area contributed by atoms with Gasteiger partial charge in [0.25, 0.3) is 0 Å². The van der Waals surface area contributed by atoms with Crippen molar-refractivity contribution in [3.05, 3.63) is 42.4 Å². The second kappa shape index (κ2) is 6.10. The Morgan fingerprint density at radius 1 is 1.24 bits per heavy atom. The van der Waals surface area contributed by atoms with Crippen LogP contribution in [0.15, 0.2) is 56.6 Å². The van der Waals surface area contributed by atoms with Crippen LogP contribution in [0.2, 0.25) is 0 Å². The quantitative estimate of drug-likeness (QED) is 0.374. The summed E-state index contributed by atoms with van der Waals surface area (Å²) in [5.41, 5.74) is 5.80. The second-order valence-corrected chi connectivity index (χ2v) is 7.12. The van der Waals surface area contributed by atoms with Crippen LogP contribution >= 0.6 is 11.8 Å². The number of benzene rings is 1. The van der Waals surface area contributed by atoms with E-state index in [0.29, 0.717) is 5.03 Å². The summed E-state index contributed by atoms with van der Waals surface area (Å²) in [5, 5.41) is 12.1. The van der Waals surface area contributed by atoms with Crippen LogP contribution < -0.4 is 5.73 Å². The lowest BCUT2D eigenvalue weighted by Crippen LogP contribution is -2.16. The first-order valence-corrected chi connectivity index (χ1v) is 8.39. The SMILES string of the molecule is CS(=O)(=O)c1ccc(Sc2nccnc2C(N)=NO)cc1. The maximum absolute atomic E-state index is 11.4. The fraction of sp³-hybridized carbons (Fsp3) is 0.0833. The van der Waals surface area contributed by atoms with Gasteiger partial charge in [-0.25, -0.2) is 18.4 Å². The molecule has 0 saturated heterocycles. The molecule has 1 aromatic heterocycles. The third-order valence-corrected chi connectivity index (χ3v) is 4.61. The molecule has 0 aliphatic rings. The standard InChI is InChI=1S/C12H12N4O3S2/c1-21(18,19)9-4-2-8(3-5-9)20-12-10(11(13)16-17)14-6-7-15-12/h2-7,17H,1H3,(H2,13,16). The number of sulfone groups is 1. The molecule has 0 bridgehead atoms. The predicted molar refractivity (Wildman–Crippen MR) is 78.2 cm³/mol. The molecule has 0 aliphatic carbocycles. The topological polar surface area (TPSA) is 119 Å². The molecule has 7 nitrogen and oxygen atoms in total. The van der Waals surface area contributed by atoms with Crippen LogP contribution in [0, 0.1) is 0 Å². The summed E-state index contributed by atoms with van der Waals surface area (Å²) >= 11 is 1.24. The zero-order chi connectivity index (χ0) is 15.5. The van der Waals surface area contributed by atoms with E-state index in [1.54, 1.807) is 12.1 Å². The van der Waals surface area contributed by atoms with Gasteiger partial charge < -0.3 is 10.9 Å². The highest BCUT2D eigenvalue weighted by Crippen LogP contribution is 2.28. The van der Waals surface area contributed by atoms with Crippen LogP contribution in [-0.4, -0.2) is 35.7 Å². The van der Waals surface area contributed by atoms with Crippen molar-refractivity contribution in [1.29, 1.82) is 0 Å². The minimum absolute atomic E-state index is 0.140. The summed E-state index contributed by atoms with van der Waals surface area (Å²) in [6.45, 7) is 0. The van der Waals surface area contributed by atoms with E-state index in [4.69, 9.17) is 10.9 Å². The van der Waals surface area contributed by atoms with E-state index < -0.39 is 9.84 Å². The van der Waals surface area contributed by atoms with Gasteiger partial charge in [0, 0.05) is 23.5 Å². The predicted octanol–water partition coefficient (Wildman–Crippen LogP) is 1.13. The minimum atomic E-state index is -3.23. The van der Waals surface area contributed by atoms with E-state index in [2.05, 4.69) is 15.1 Å². The van der Waals surface area contributed by atoms with Crippen LogP contribution in [0.25, 0.3) is 0 Å². The maximum Gasteiger partial charge on any atom is 0.191 e. The molecule has 0 atom stereocenters. The largest absolute Gasteiger partial charge is 0.409 e. The van der Waals surface area contributed by atoms with Crippen molar-refractivity contribution in [2.75, 3.05) is 6.26 Å². The number of oxime groups is 1. The highest BCUT2D eigenvalue weighted by atomic mass is 32.2. The Labute approximate surface area is 125 Å². The lowest BCUT2D eigenvalue weighted by molar-refractivity contribution is 0.318. The molecule has 110 valence electrons. The van der Waals surface area contributed by atoms with Crippen molar-refractivity contribution >= 4 is 27.4 Å². The molecule has 3 N–H and O–H groups in total. The number of nitrogens with two attached hydrogens (primary N) is 1. The molecular weight excluding hydrogens is 312 g/mol. The summed E-state index contributed by atoms with van der Waals surface area (Å²) in [6.07, 6.45) is 4.07. The average Bonchev–Trinajstić information content (AvgIpc) is 2.46. The van der Waals surface area contributed by atoms with E-state index in [1.165, 1.54) is 36.3 Å². The summed E-state index contributed by atoms with van der Waals surface area (Å²) in [6, 6.07) is 6.34. The van der Waals surface area contributed by atoms with Crippen LogP contribution in [0.4, 0.5) is 0 Å². The van der Waals surface area contributed by atoms with Crippen LogP contribution in [0.1, 0.15) is 5.69 Å². The molecule has 0 amide bonds. The normalized spacial score (nSPS) is 12.3. The highest BCUT2D eigenvalue weighted by molar-refractivity contribution is 7.99. The molecule has 1 aromatic carbocycles. The first-order valence-electron chi connectivity index (χ1n) is 5.68. The maximum atomic E-state index is 11.4. The van der Waals surface area contributed by atoms with Crippen molar-refractivity contribution in [3.63, 3.8) is 0 Å². The molecule has 0 saturated carbocycles. The number of aromatic nitrogens is 2. The molecule has 21 heavy (non-hydrogen) atoms. The molecule has 9 heteroatoms. The summed E-state index contributed by atoms with van der Waals surface area (Å²) < 4.78 is 22.8. The Morgan fingerprint density at radius 3 is 2.43 bits per heavy atom. The average molecular weight is 324 g/mol. The third-order valence-electron chi connectivity index (χ3n) is 2.48. The van der Waals surface area contributed by atoms with Crippen LogP contribution in [0.3, 0.4) is 0 Å². The van der Waals surface area contributed by atoms with Crippen molar-refractivity contribution < 1.29 is 13.6 Å². The van der Waals surface area contributed by atoms with Crippen molar-refractivity contribution in [3.8, 4) is 0 Å². The van der Waals surface area contributed by atoms with Gasteiger partial charge in [-0.2, -0.15) is 0 Å². The summed E-state index contributed by atoms with van der Waals surface area (Å²) in [7, 11) is -3.23.